The van der Waals surface area contributed by atoms with Gasteiger partial charge in [0.25, 0.3) is 0 Å². The van der Waals surface area contributed by atoms with E-state index >= 15 is 0 Å². The molecule has 23 heavy (non-hydrogen) atoms. The Morgan fingerprint density at radius 3 is 2.78 bits per heavy atom. The van der Waals surface area contributed by atoms with E-state index in [1.54, 1.807) is 4.90 Å². The second-order valence-electron chi connectivity index (χ2n) is 5.67. The van der Waals surface area contributed by atoms with Gasteiger partial charge in [0.1, 0.15) is 12.8 Å². The van der Waals surface area contributed by atoms with Crippen LogP contribution in [0.4, 0.5) is 0 Å². The van der Waals surface area contributed by atoms with E-state index < -0.39 is 12.0 Å². The lowest BCUT2D eigenvalue weighted by molar-refractivity contribution is -0.153. The maximum absolute atomic E-state index is 12.2. The molecule has 2 atom stereocenters. The summed E-state index contributed by atoms with van der Waals surface area (Å²) in [6.45, 7) is 3.24. The number of hydrogen-bond acceptors (Lipinski definition) is 5. The van der Waals surface area contributed by atoms with Crippen molar-refractivity contribution >= 4 is 11.9 Å². The zero-order chi connectivity index (χ0) is 16.7. The third-order valence-electron chi connectivity index (χ3n) is 3.96. The number of rotatable bonds is 8. The van der Waals surface area contributed by atoms with Crippen LogP contribution >= 0.6 is 0 Å². The summed E-state index contributed by atoms with van der Waals surface area (Å²) >= 11 is 0. The minimum atomic E-state index is -0.551. The summed E-state index contributed by atoms with van der Waals surface area (Å²) < 4.78 is 10.6. The molecule has 0 aliphatic carbocycles. The number of nitrogens with two attached hydrogens (primary N) is 1. The topological polar surface area (TPSA) is 81.9 Å². The van der Waals surface area contributed by atoms with Gasteiger partial charge in [0.15, 0.2) is 0 Å². The number of nitrogens with zero attached hydrogens (tertiary/aromatic N) is 1. The molecule has 1 aromatic rings. The minimum absolute atomic E-state index is 0.0286. The monoisotopic (exact) mass is 320 g/mol. The van der Waals surface area contributed by atoms with Crippen LogP contribution in [0.25, 0.3) is 0 Å². The number of carbonyl (C=O) groups is 2. The number of benzene rings is 1. The first-order valence-corrected chi connectivity index (χ1v) is 7.93. The summed E-state index contributed by atoms with van der Waals surface area (Å²) in [5.41, 5.74) is 6.34. The summed E-state index contributed by atoms with van der Waals surface area (Å²) in [6.07, 6.45) is 0.920. The van der Waals surface area contributed by atoms with Crippen molar-refractivity contribution in [1.29, 1.82) is 0 Å². The normalized spacial score (nSPS) is 19.0. The maximum Gasteiger partial charge on any atom is 0.330 e. The molecular weight excluding hydrogens is 296 g/mol. The Morgan fingerprint density at radius 1 is 1.39 bits per heavy atom. The Hall–Kier alpha value is -1.92. The average Bonchev–Trinajstić information content (AvgIpc) is 2.90. The molecule has 6 heteroatoms. The first-order valence-electron chi connectivity index (χ1n) is 7.93. The molecule has 1 aliphatic heterocycles. The minimum Gasteiger partial charge on any atom is -0.448 e. The zero-order valence-corrected chi connectivity index (χ0v) is 13.4. The molecule has 0 radical (unpaired) electrons. The SMILES string of the molecule is CC[C@@H](C(=O)OCN)N1CC(COCc2ccccc2)CC1=O. The molecule has 1 amide bonds. The van der Waals surface area contributed by atoms with Gasteiger partial charge in [0, 0.05) is 18.9 Å². The smallest absolute Gasteiger partial charge is 0.330 e. The predicted octanol–water partition coefficient (Wildman–Crippen LogP) is 1.29. The van der Waals surface area contributed by atoms with E-state index in [1.807, 2.05) is 37.3 Å². The van der Waals surface area contributed by atoms with Crippen molar-refractivity contribution in [1.82, 2.24) is 4.90 Å². The highest BCUT2D eigenvalue weighted by molar-refractivity contribution is 5.86. The van der Waals surface area contributed by atoms with Crippen molar-refractivity contribution < 1.29 is 19.1 Å². The van der Waals surface area contributed by atoms with Gasteiger partial charge in [-0.1, -0.05) is 37.3 Å². The maximum atomic E-state index is 12.2. The molecule has 2 rings (SSSR count). The fraction of sp³-hybridized carbons (Fsp3) is 0.529. The first-order chi connectivity index (χ1) is 11.2. The Kier molecular flexibility index (Phi) is 6.55. The van der Waals surface area contributed by atoms with Gasteiger partial charge in [0.05, 0.1) is 13.2 Å². The van der Waals surface area contributed by atoms with E-state index in [9.17, 15) is 9.59 Å². The fourth-order valence-corrected chi connectivity index (χ4v) is 2.83. The van der Waals surface area contributed by atoms with Crippen LogP contribution in [0.3, 0.4) is 0 Å². The van der Waals surface area contributed by atoms with Crippen molar-refractivity contribution in [3.8, 4) is 0 Å². The highest BCUT2D eigenvalue weighted by atomic mass is 16.5. The van der Waals surface area contributed by atoms with E-state index in [0.29, 0.717) is 32.6 Å². The second kappa shape index (κ2) is 8.64. The number of carbonyl (C=O) groups excluding carboxylic acids is 2. The van der Waals surface area contributed by atoms with Gasteiger partial charge in [-0.15, -0.1) is 0 Å². The van der Waals surface area contributed by atoms with E-state index in [1.165, 1.54) is 0 Å². The van der Waals surface area contributed by atoms with Gasteiger partial charge < -0.3 is 14.4 Å². The number of likely N-dealkylation sites (tertiary alicyclic amines) is 1. The molecule has 0 aromatic heterocycles. The van der Waals surface area contributed by atoms with Crippen LogP contribution in [0.5, 0.6) is 0 Å². The molecule has 1 aliphatic rings. The molecule has 1 unspecified atom stereocenters. The molecule has 1 aromatic carbocycles. The summed E-state index contributed by atoms with van der Waals surface area (Å²) in [7, 11) is 0. The Bertz CT molecular complexity index is 521. The summed E-state index contributed by atoms with van der Waals surface area (Å²) in [4.78, 5) is 25.6. The molecule has 1 heterocycles. The van der Waals surface area contributed by atoms with Gasteiger partial charge in [-0.2, -0.15) is 0 Å². The van der Waals surface area contributed by atoms with Gasteiger partial charge in [0.2, 0.25) is 5.91 Å². The molecule has 0 spiro atoms. The van der Waals surface area contributed by atoms with Crippen LogP contribution in [0.1, 0.15) is 25.3 Å². The molecule has 2 N–H and O–H groups in total. The highest BCUT2D eigenvalue weighted by Gasteiger charge is 2.37. The van der Waals surface area contributed by atoms with Crippen molar-refractivity contribution in [3.63, 3.8) is 0 Å². The summed E-state index contributed by atoms with van der Waals surface area (Å²) in [5, 5.41) is 0. The molecular formula is C17H24N2O4. The van der Waals surface area contributed by atoms with E-state index in [-0.39, 0.29) is 18.6 Å². The van der Waals surface area contributed by atoms with Crippen molar-refractivity contribution in [2.24, 2.45) is 11.7 Å². The third kappa shape index (κ3) is 4.77. The average molecular weight is 320 g/mol. The second-order valence-corrected chi connectivity index (χ2v) is 5.67. The summed E-state index contributed by atoms with van der Waals surface area (Å²) in [6, 6.07) is 9.35. The molecule has 1 saturated heterocycles. The van der Waals surface area contributed by atoms with Gasteiger partial charge in [-0.3, -0.25) is 10.5 Å². The first kappa shape index (κ1) is 17.4. The van der Waals surface area contributed by atoms with E-state index in [0.717, 1.165) is 5.56 Å². The molecule has 0 bridgehead atoms. The van der Waals surface area contributed by atoms with Crippen LogP contribution in [0.2, 0.25) is 0 Å². The Morgan fingerprint density at radius 2 is 2.13 bits per heavy atom. The molecule has 0 saturated carbocycles. The predicted molar refractivity (Wildman–Crippen MR) is 85.1 cm³/mol. The lowest BCUT2D eigenvalue weighted by Crippen LogP contribution is -2.43. The standard InChI is InChI=1S/C17H24N2O4/c1-2-15(17(21)23-12-18)19-9-14(8-16(19)20)11-22-10-13-6-4-3-5-7-13/h3-7,14-15H,2,8-12,18H2,1H3/t14?,15-/m0/s1. The number of amides is 1. The van der Waals surface area contributed by atoms with Gasteiger partial charge >= 0.3 is 5.97 Å². The van der Waals surface area contributed by atoms with Crippen molar-refractivity contribution in [2.45, 2.75) is 32.4 Å². The lowest BCUT2D eigenvalue weighted by Gasteiger charge is -2.25. The molecule has 6 nitrogen and oxygen atoms in total. The number of hydrogen-bond donors (Lipinski definition) is 1. The molecule has 1 fully saturated rings. The Labute approximate surface area is 136 Å². The fourth-order valence-electron chi connectivity index (χ4n) is 2.83. The van der Waals surface area contributed by atoms with Crippen LogP contribution in [-0.4, -0.2) is 42.7 Å². The Balaban J connectivity index is 1.83. The van der Waals surface area contributed by atoms with Gasteiger partial charge in [-0.25, -0.2) is 4.79 Å². The quantitative estimate of drug-likeness (QED) is 0.576. The number of ether oxygens (including phenoxy) is 2. The van der Waals surface area contributed by atoms with Crippen molar-refractivity contribution in [2.75, 3.05) is 19.9 Å². The third-order valence-corrected chi connectivity index (χ3v) is 3.96. The van der Waals surface area contributed by atoms with Gasteiger partial charge in [-0.05, 0) is 12.0 Å². The molecule has 126 valence electrons. The summed E-state index contributed by atoms with van der Waals surface area (Å²) in [5.74, 6) is -0.362. The highest BCUT2D eigenvalue weighted by Crippen LogP contribution is 2.23. The van der Waals surface area contributed by atoms with Crippen LogP contribution in [0.15, 0.2) is 30.3 Å². The van der Waals surface area contributed by atoms with Crippen LogP contribution in [0, 0.1) is 5.92 Å². The van der Waals surface area contributed by atoms with E-state index in [4.69, 9.17) is 15.2 Å². The van der Waals surface area contributed by atoms with E-state index in [2.05, 4.69) is 0 Å². The number of esters is 1. The van der Waals surface area contributed by atoms with Crippen LogP contribution < -0.4 is 5.73 Å². The lowest BCUT2D eigenvalue weighted by atomic mass is 10.1. The van der Waals surface area contributed by atoms with Crippen LogP contribution in [-0.2, 0) is 25.7 Å². The largest absolute Gasteiger partial charge is 0.448 e. The van der Waals surface area contributed by atoms with Crippen molar-refractivity contribution in [3.05, 3.63) is 35.9 Å². The zero-order valence-electron chi connectivity index (χ0n) is 13.4.